The van der Waals surface area contributed by atoms with E-state index < -0.39 is 0 Å². The molecule has 0 saturated carbocycles. The van der Waals surface area contributed by atoms with E-state index in [4.69, 9.17) is 4.42 Å². The van der Waals surface area contributed by atoms with E-state index in [9.17, 15) is 0 Å². The van der Waals surface area contributed by atoms with Crippen LogP contribution < -0.4 is 0 Å². The topological polar surface area (TPSA) is 13.1 Å². The largest absolute Gasteiger partial charge is 0.455 e. The summed E-state index contributed by atoms with van der Waals surface area (Å²) in [6.07, 6.45) is 0. The fourth-order valence-corrected chi connectivity index (χ4v) is 3.58. The lowest BCUT2D eigenvalue weighted by Crippen LogP contribution is -1.79. The van der Waals surface area contributed by atoms with Crippen LogP contribution in [0.2, 0.25) is 0 Å². The number of fused-ring (bicyclic) bond motifs is 3. The Hall–Kier alpha value is -1.33. The molecule has 0 fully saturated rings. The monoisotopic (exact) mass is 448 g/mol. The summed E-state index contributed by atoms with van der Waals surface area (Å²) in [5.74, 6) is 0. The molecule has 0 amide bonds. The fraction of sp³-hybridized carbons (Fsp3) is 0. The highest BCUT2D eigenvalue weighted by molar-refractivity contribution is 14.1. The Kier molecular flexibility index (Phi) is 3.27. The van der Waals surface area contributed by atoms with Crippen LogP contribution >= 0.6 is 38.5 Å². The molecule has 0 N–H and O–H groups in total. The lowest BCUT2D eigenvalue weighted by Gasteiger charge is -2.03. The highest BCUT2D eigenvalue weighted by atomic mass is 127. The van der Waals surface area contributed by atoms with Crippen molar-refractivity contribution in [2.45, 2.75) is 0 Å². The van der Waals surface area contributed by atoms with Gasteiger partial charge in [-0.05, 0) is 67.8 Å². The second kappa shape index (κ2) is 5.14. The number of furan rings is 1. The van der Waals surface area contributed by atoms with Crippen LogP contribution in [0.3, 0.4) is 0 Å². The van der Waals surface area contributed by atoms with Crippen molar-refractivity contribution in [3.8, 4) is 11.1 Å². The third-order valence-electron chi connectivity index (χ3n) is 3.64. The van der Waals surface area contributed by atoms with Crippen molar-refractivity contribution in [3.63, 3.8) is 0 Å². The standard InChI is InChI=1S/C18H10BrIO/c19-14-10-9-13-16-12(11-5-2-1-3-6-11)7-4-8-15(16)21-18(13)17(14)20/h1-10H. The SMILES string of the molecule is Brc1ccc2c(oc3cccc(-c4ccccc4)c32)c1I. The zero-order valence-corrected chi connectivity index (χ0v) is 14.7. The summed E-state index contributed by atoms with van der Waals surface area (Å²) in [4.78, 5) is 0. The lowest BCUT2D eigenvalue weighted by molar-refractivity contribution is 0.666. The van der Waals surface area contributed by atoms with Crippen LogP contribution in [0.25, 0.3) is 33.1 Å². The van der Waals surface area contributed by atoms with Gasteiger partial charge in [0.25, 0.3) is 0 Å². The molecule has 21 heavy (non-hydrogen) atoms. The molecule has 1 heterocycles. The molecule has 4 aromatic rings. The van der Waals surface area contributed by atoms with Crippen LogP contribution in [0.1, 0.15) is 0 Å². The van der Waals surface area contributed by atoms with Gasteiger partial charge in [0, 0.05) is 15.2 Å². The first-order valence-electron chi connectivity index (χ1n) is 6.60. The molecule has 102 valence electrons. The summed E-state index contributed by atoms with van der Waals surface area (Å²) in [5.41, 5.74) is 4.31. The average molecular weight is 449 g/mol. The predicted octanol–water partition coefficient (Wildman–Crippen LogP) is 6.62. The van der Waals surface area contributed by atoms with Gasteiger partial charge in [-0.1, -0.05) is 42.5 Å². The Morgan fingerprint density at radius 3 is 2.48 bits per heavy atom. The van der Waals surface area contributed by atoms with Gasteiger partial charge in [-0.15, -0.1) is 0 Å². The maximum Gasteiger partial charge on any atom is 0.149 e. The minimum atomic E-state index is 0.933. The van der Waals surface area contributed by atoms with E-state index in [1.165, 1.54) is 16.5 Å². The van der Waals surface area contributed by atoms with E-state index in [1.807, 2.05) is 12.1 Å². The van der Waals surface area contributed by atoms with Crippen molar-refractivity contribution >= 4 is 60.5 Å². The smallest absolute Gasteiger partial charge is 0.149 e. The quantitative estimate of drug-likeness (QED) is 0.298. The van der Waals surface area contributed by atoms with Gasteiger partial charge in [-0.25, -0.2) is 0 Å². The van der Waals surface area contributed by atoms with E-state index in [1.54, 1.807) is 0 Å². The molecule has 0 aliphatic heterocycles. The molecule has 0 radical (unpaired) electrons. The molecule has 0 aliphatic carbocycles. The van der Waals surface area contributed by atoms with Crippen LogP contribution in [-0.4, -0.2) is 0 Å². The van der Waals surface area contributed by atoms with Crippen LogP contribution in [0.15, 0.2) is 69.6 Å². The van der Waals surface area contributed by atoms with Crippen molar-refractivity contribution in [2.24, 2.45) is 0 Å². The molecule has 0 atom stereocenters. The van der Waals surface area contributed by atoms with Crippen LogP contribution in [0.5, 0.6) is 0 Å². The Balaban J connectivity index is 2.17. The Labute approximate surface area is 144 Å². The molecule has 0 bridgehead atoms. The van der Waals surface area contributed by atoms with Gasteiger partial charge in [0.05, 0.1) is 3.57 Å². The summed E-state index contributed by atoms with van der Waals surface area (Å²) in [7, 11) is 0. The Morgan fingerprint density at radius 1 is 0.857 bits per heavy atom. The molecule has 0 saturated heterocycles. The number of hydrogen-bond acceptors (Lipinski definition) is 1. The molecule has 0 aliphatic rings. The molecule has 0 unspecified atom stereocenters. The van der Waals surface area contributed by atoms with Gasteiger partial charge < -0.3 is 4.42 Å². The number of benzene rings is 3. The maximum absolute atomic E-state index is 6.09. The van der Waals surface area contributed by atoms with E-state index in [-0.39, 0.29) is 0 Å². The van der Waals surface area contributed by atoms with E-state index in [0.29, 0.717) is 0 Å². The molecule has 3 heteroatoms. The van der Waals surface area contributed by atoms with Gasteiger partial charge in [-0.3, -0.25) is 0 Å². The van der Waals surface area contributed by atoms with Crippen molar-refractivity contribution in [2.75, 3.05) is 0 Å². The van der Waals surface area contributed by atoms with E-state index >= 15 is 0 Å². The lowest BCUT2D eigenvalue weighted by atomic mass is 10.00. The van der Waals surface area contributed by atoms with Gasteiger partial charge in [0.1, 0.15) is 11.2 Å². The summed E-state index contributed by atoms with van der Waals surface area (Å²) in [5, 5.41) is 2.35. The highest BCUT2D eigenvalue weighted by Crippen LogP contribution is 2.39. The van der Waals surface area contributed by atoms with Crippen molar-refractivity contribution in [3.05, 3.63) is 68.7 Å². The van der Waals surface area contributed by atoms with Gasteiger partial charge >= 0.3 is 0 Å². The number of halogens is 2. The normalized spacial score (nSPS) is 11.3. The fourth-order valence-electron chi connectivity index (χ4n) is 2.69. The third-order valence-corrected chi connectivity index (χ3v) is 6.12. The summed E-state index contributed by atoms with van der Waals surface area (Å²) < 4.78 is 8.27. The van der Waals surface area contributed by atoms with E-state index in [2.05, 4.69) is 87.1 Å². The zero-order chi connectivity index (χ0) is 14.4. The Bertz CT molecular complexity index is 957. The molecular formula is C18H10BrIO. The number of rotatable bonds is 1. The molecule has 1 aromatic heterocycles. The average Bonchev–Trinajstić information content (AvgIpc) is 2.91. The first-order chi connectivity index (χ1) is 10.3. The predicted molar refractivity (Wildman–Crippen MR) is 99.6 cm³/mol. The van der Waals surface area contributed by atoms with Gasteiger partial charge in [0.15, 0.2) is 0 Å². The molecule has 1 nitrogen and oxygen atoms in total. The van der Waals surface area contributed by atoms with Gasteiger partial charge in [-0.2, -0.15) is 0 Å². The van der Waals surface area contributed by atoms with Crippen molar-refractivity contribution in [1.29, 1.82) is 0 Å². The molecular weight excluding hydrogens is 439 g/mol. The molecule has 3 aromatic carbocycles. The summed E-state index contributed by atoms with van der Waals surface area (Å²) in [6.45, 7) is 0. The highest BCUT2D eigenvalue weighted by Gasteiger charge is 2.15. The minimum absolute atomic E-state index is 0.933. The minimum Gasteiger partial charge on any atom is -0.455 e. The Morgan fingerprint density at radius 2 is 1.67 bits per heavy atom. The summed E-state index contributed by atoms with van der Waals surface area (Å²) in [6, 6.07) is 20.9. The first-order valence-corrected chi connectivity index (χ1v) is 8.47. The van der Waals surface area contributed by atoms with Crippen molar-refractivity contribution in [1.82, 2.24) is 0 Å². The van der Waals surface area contributed by atoms with Gasteiger partial charge in [0.2, 0.25) is 0 Å². The molecule has 0 spiro atoms. The zero-order valence-electron chi connectivity index (χ0n) is 10.9. The van der Waals surface area contributed by atoms with E-state index in [0.717, 1.165) is 24.6 Å². The third kappa shape index (κ3) is 2.10. The van der Waals surface area contributed by atoms with Crippen LogP contribution in [-0.2, 0) is 0 Å². The summed E-state index contributed by atoms with van der Waals surface area (Å²) >= 11 is 5.89. The first kappa shape index (κ1) is 13.3. The van der Waals surface area contributed by atoms with Crippen molar-refractivity contribution < 1.29 is 4.42 Å². The van der Waals surface area contributed by atoms with Crippen LogP contribution in [0, 0.1) is 3.57 Å². The number of hydrogen-bond donors (Lipinski definition) is 0. The van der Waals surface area contributed by atoms with Crippen LogP contribution in [0.4, 0.5) is 0 Å². The second-order valence-electron chi connectivity index (χ2n) is 4.88. The molecule has 4 rings (SSSR count). The second-order valence-corrected chi connectivity index (χ2v) is 6.82. The maximum atomic E-state index is 6.09.